The van der Waals surface area contributed by atoms with Gasteiger partial charge in [0.25, 0.3) is 0 Å². The molecule has 0 saturated carbocycles. The molecule has 0 aliphatic carbocycles. The Morgan fingerprint density at radius 2 is 1.95 bits per heavy atom. The Balaban J connectivity index is 1.97. The quantitative estimate of drug-likeness (QED) is 0.767. The maximum absolute atomic E-state index is 12.1. The molecule has 0 spiro atoms. The minimum absolute atomic E-state index is 0.0889. The van der Waals surface area contributed by atoms with Crippen LogP contribution in [-0.2, 0) is 16.0 Å². The molecule has 1 aromatic heterocycles. The highest BCUT2D eigenvalue weighted by atomic mass is 16.4. The first-order valence-corrected chi connectivity index (χ1v) is 7.37. The molecule has 5 nitrogen and oxygen atoms in total. The third kappa shape index (κ3) is 3.47. The van der Waals surface area contributed by atoms with Gasteiger partial charge in [0.15, 0.2) is 0 Å². The summed E-state index contributed by atoms with van der Waals surface area (Å²) in [7, 11) is 0. The number of carboxylic acid groups (broad SMARTS) is 1. The second kappa shape index (κ2) is 6.22. The molecule has 118 valence electrons. The summed E-state index contributed by atoms with van der Waals surface area (Å²) in [4.78, 5) is 26.4. The summed E-state index contributed by atoms with van der Waals surface area (Å²) in [5.41, 5.74) is 2.17. The molecule has 0 atom stereocenters. The fraction of sp³-hybridized carbons (Fsp3) is 0.412. The Morgan fingerprint density at radius 1 is 1.27 bits per heavy atom. The van der Waals surface area contributed by atoms with Gasteiger partial charge >= 0.3 is 5.97 Å². The van der Waals surface area contributed by atoms with Gasteiger partial charge in [-0.15, -0.1) is 0 Å². The predicted octanol–water partition coefficient (Wildman–Crippen LogP) is 2.64. The van der Waals surface area contributed by atoms with E-state index in [2.05, 4.69) is 10.3 Å². The second-order valence-electron chi connectivity index (χ2n) is 6.24. The van der Waals surface area contributed by atoms with Crippen LogP contribution < -0.4 is 5.32 Å². The number of para-hydroxylation sites is 1. The minimum Gasteiger partial charge on any atom is -0.481 e. The van der Waals surface area contributed by atoms with Gasteiger partial charge in [-0.2, -0.15) is 0 Å². The lowest BCUT2D eigenvalue weighted by atomic mass is 9.90. The van der Waals surface area contributed by atoms with Gasteiger partial charge in [-0.3, -0.25) is 9.59 Å². The van der Waals surface area contributed by atoms with Crippen molar-refractivity contribution in [1.29, 1.82) is 0 Å². The molecule has 2 aromatic rings. The van der Waals surface area contributed by atoms with Gasteiger partial charge in [-0.25, -0.2) is 0 Å². The minimum atomic E-state index is -0.853. The van der Waals surface area contributed by atoms with Crippen LogP contribution in [0.3, 0.4) is 0 Å². The number of aromatic nitrogens is 1. The zero-order valence-corrected chi connectivity index (χ0v) is 13.2. The van der Waals surface area contributed by atoms with Crippen molar-refractivity contribution in [2.45, 2.75) is 33.6 Å². The summed E-state index contributed by atoms with van der Waals surface area (Å²) in [6, 6.07) is 7.89. The van der Waals surface area contributed by atoms with E-state index in [1.54, 1.807) is 13.8 Å². The van der Waals surface area contributed by atoms with Gasteiger partial charge in [0.2, 0.25) is 5.91 Å². The Bertz CT molecular complexity index is 701. The molecule has 0 saturated heterocycles. The van der Waals surface area contributed by atoms with Crippen LogP contribution in [0.2, 0.25) is 0 Å². The van der Waals surface area contributed by atoms with Crippen LogP contribution in [0.15, 0.2) is 24.3 Å². The highest BCUT2D eigenvalue weighted by molar-refractivity contribution is 5.90. The van der Waals surface area contributed by atoms with Gasteiger partial charge in [0, 0.05) is 23.1 Å². The van der Waals surface area contributed by atoms with E-state index in [1.165, 1.54) is 0 Å². The fourth-order valence-electron chi connectivity index (χ4n) is 2.41. The van der Waals surface area contributed by atoms with Crippen molar-refractivity contribution in [3.63, 3.8) is 0 Å². The number of rotatable bonds is 6. The lowest BCUT2D eigenvalue weighted by molar-refractivity contribution is -0.147. The number of hydrogen-bond acceptors (Lipinski definition) is 2. The van der Waals surface area contributed by atoms with Gasteiger partial charge in [-0.05, 0) is 38.8 Å². The van der Waals surface area contributed by atoms with E-state index in [0.29, 0.717) is 19.4 Å². The van der Waals surface area contributed by atoms with Crippen molar-refractivity contribution in [3.05, 3.63) is 35.5 Å². The molecule has 0 aliphatic heterocycles. The topological polar surface area (TPSA) is 82.2 Å². The van der Waals surface area contributed by atoms with Gasteiger partial charge in [0.1, 0.15) is 0 Å². The van der Waals surface area contributed by atoms with Crippen LogP contribution >= 0.6 is 0 Å². The average Bonchev–Trinajstić information content (AvgIpc) is 2.75. The molecule has 0 aliphatic rings. The molecule has 0 fully saturated rings. The molecule has 1 heterocycles. The predicted molar refractivity (Wildman–Crippen MR) is 85.8 cm³/mol. The zero-order chi connectivity index (χ0) is 16.3. The van der Waals surface area contributed by atoms with Crippen LogP contribution in [0.1, 0.15) is 31.5 Å². The van der Waals surface area contributed by atoms with Crippen molar-refractivity contribution in [1.82, 2.24) is 10.3 Å². The van der Waals surface area contributed by atoms with E-state index >= 15 is 0 Å². The summed E-state index contributed by atoms with van der Waals surface area (Å²) >= 11 is 0. The molecule has 0 unspecified atom stereocenters. The number of aliphatic carboxylic acids is 1. The van der Waals surface area contributed by atoms with Crippen LogP contribution in [0, 0.1) is 12.3 Å². The summed E-state index contributed by atoms with van der Waals surface area (Å²) in [6.07, 6.45) is 0.699. The first-order valence-electron chi connectivity index (χ1n) is 7.37. The molecule has 1 amide bonds. The summed E-state index contributed by atoms with van der Waals surface area (Å²) in [5.74, 6) is -0.941. The molecule has 5 heteroatoms. The number of aromatic amines is 1. The van der Waals surface area contributed by atoms with Crippen LogP contribution in [0.4, 0.5) is 0 Å². The summed E-state index contributed by atoms with van der Waals surface area (Å²) in [6.45, 7) is 5.63. The van der Waals surface area contributed by atoms with E-state index in [-0.39, 0.29) is 5.91 Å². The number of carbonyl (C=O) groups excluding carboxylic acids is 1. The van der Waals surface area contributed by atoms with E-state index in [9.17, 15) is 9.59 Å². The molecule has 2 rings (SSSR count). The molecule has 1 aromatic carbocycles. The Morgan fingerprint density at radius 3 is 2.64 bits per heavy atom. The highest BCUT2D eigenvalue weighted by Gasteiger charge is 2.26. The van der Waals surface area contributed by atoms with Gasteiger partial charge in [-0.1, -0.05) is 18.2 Å². The molecule has 3 N–H and O–H groups in total. The van der Waals surface area contributed by atoms with Gasteiger partial charge < -0.3 is 15.4 Å². The molecule has 0 radical (unpaired) electrons. The molecule has 0 bridgehead atoms. The van der Waals surface area contributed by atoms with E-state index < -0.39 is 11.4 Å². The monoisotopic (exact) mass is 302 g/mol. The lowest BCUT2D eigenvalue weighted by Gasteiger charge is -2.18. The van der Waals surface area contributed by atoms with E-state index in [1.807, 2.05) is 31.2 Å². The summed E-state index contributed by atoms with van der Waals surface area (Å²) < 4.78 is 0. The number of carboxylic acids is 1. The first kappa shape index (κ1) is 16.1. The smallest absolute Gasteiger partial charge is 0.309 e. The van der Waals surface area contributed by atoms with Crippen LogP contribution in [-0.4, -0.2) is 28.5 Å². The molecular formula is C17H22N2O3. The fourth-order valence-corrected chi connectivity index (χ4v) is 2.41. The number of carbonyl (C=O) groups is 2. The van der Waals surface area contributed by atoms with E-state index in [4.69, 9.17) is 5.11 Å². The maximum atomic E-state index is 12.1. The standard InChI is InChI=1S/C17H22N2O3/c1-11-13(12-6-4-5-7-14(12)19-11)10-15(20)18-9-8-17(2,3)16(21)22/h4-7,19H,8-10H2,1-3H3,(H,18,20)(H,21,22). The molecule has 22 heavy (non-hydrogen) atoms. The van der Waals surface area contributed by atoms with Crippen molar-refractivity contribution < 1.29 is 14.7 Å². The third-order valence-corrected chi connectivity index (χ3v) is 4.02. The van der Waals surface area contributed by atoms with E-state index in [0.717, 1.165) is 22.2 Å². The molecular weight excluding hydrogens is 280 g/mol. The third-order valence-electron chi connectivity index (χ3n) is 4.02. The SMILES string of the molecule is Cc1[nH]c2ccccc2c1CC(=O)NCCC(C)(C)C(=O)O. The number of nitrogens with one attached hydrogen (secondary N) is 2. The zero-order valence-electron chi connectivity index (χ0n) is 13.2. The maximum Gasteiger partial charge on any atom is 0.309 e. The second-order valence-corrected chi connectivity index (χ2v) is 6.24. The number of fused-ring (bicyclic) bond motifs is 1. The van der Waals surface area contributed by atoms with Crippen LogP contribution in [0.5, 0.6) is 0 Å². The number of aryl methyl sites for hydroxylation is 1. The van der Waals surface area contributed by atoms with Crippen LogP contribution in [0.25, 0.3) is 10.9 Å². The Hall–Kier alpha value is -2.30. The number of benzene rings is 1. The first-order chi connectivity index (χ1) is 10.3. The normalized spacial score (nSPS) is 11.6. The lowest BCUT2D eigenvalue weighted by Crippen LogP contribution is -2.32. The Kier molecular flexibility index (Phi) is 4.54. The van der Waals surface area contributed by atoms with Crippen molar-refractivity contribution in [2.24, 2.45) is 5.41 Å². The van der Waals surface area contributed by atoms with Crippen molar-refractivity contribution in [3.8, 4) is 0 Å². The highest BCUT2D eigenvalue weighted by Crippen LogP contribution is 2.22. The average molecular weight is 302 g/mol. The van der Waals surface area contributed by atoms with Gasteiger partial charge in [0.05, 0.1) is 11.8 Å². The van der Waals surface area contributed by atoms with Crippen molar-refractivity contribution >= 4 is 22.8 Å². The Labute approximate surface area is 129 Å². The number of hydrogen-bond donors (Lipinski definition) is 3. The summed E-state index contributed by atoms with van der Waals surface area (Å²) in [5, 5.41) is 12.9. The van der Waals surface area contributed by atoms with Crippen molar-refractivity contribution in [2.75, 3.05) is 6.54 Å². The number of amides is 1. The largest absolute Gasteiger partial charge is 0.481 e. The number of H-pyrrole nitrogens is 1.